The van der Waals surface area contributed by atoms with E-state index in [0.29, 0.717) is 26.2 Å². The SMILES string of the molecule is CCCNc1ccnc(CN2CCN(CC)C(=O)C2=O)c1. The van der Waals surface area contributed by atoms with Crippen LogP contribution in [0.25, 0.3) is 0 Å². The van der Waals surface area contributed by atoms with Crippen LogP contribution in [0.1, 0.15) is 26.0 Å². The van der Waals surface area contributed by atoms with Crippen LogP contribution in [-0.2, 0) is 16.1 Å². The van der Waals surface area contributed by atoms with Gasteiger partial charge in [-0.05, 0) is 25.5 Å². The molecule has 0 aromatic carbocycles. The number of carbonyl (C=O) groups is 2. The van der Waals surface area contributed by atoms with Gasteiger partial charge in [-0.2, -0.15) is 0 Å². The van der Waals surface area contributed by atoms with Crippen LogP contribution in [-0.4, -0.2) is 52.8 Å². The first-order chi connectivity index (χ1) is 10.2. The summed E-state index contributed by atoms with van der Waals surface area (Å²) >= 11 is 0. The van der Waals surface area contributed by atoms with E-state index in [2.05, 4.69) is 17.2 Å². The number of anilines is 1. The molecule has 0 bridgehead atoms. The zero-order valence-corrected chi connectivity index (χ0v) is 12.6. The van der Waals surface area contributed by atoms with Crippen molar-refractivity contribution < 1.29 is 9.59 Å². The second-order valence-electron chi connectivity index (χ2n) is 5.07. The number of carbonyl (C=O) groups excluding carboxylic acids is 2. The summed E-state index contributed by atoms with van der Waals surface area (Å²) in [5.74, 6) is -0.846. The fourth-order valence-corrected chi connectivity index (χ4v) is 2.31. The molecule has 1 aromatic rings. The smallest absolute Gasteiger partial charge is 0.312 e. The van der Waals surface area contributed by atoms with Crippen molar-refractivity contribution in [1.82, 2.24) is 14.8 Å². The van der Waals surface area contributed by atoms with Gasteiger partial charge in [0, 0.05) is 38.1 Å². The Morgan fingerprint density at radius 2 is 1.90 bits per heavy atom. The minimum Gasteiger partial charge on any atom is -0.385 e. The highest BCUT2D eigenvalue weighted by atomic mass is 16.2. The number of likely N-dealkylation sites (N-methyl/N-ethyl adjacent to an activating group) is 1. The molecule has 0 unspecified atom stereocenters. The summed E-state index contributed by atoms with van der Waals surface area (Å²) in [7, 11) is 0. The maximum absolute atomic E-state index is 12.0. The normalized spacial score (nSPS) is 15.5. The van der Waals surface area contributed by atoms with Gasteiger partial charge in [0.1, 0.15) is 0 Å². The van der Waals surface area contributed by atoms with Crippen molar-refractivity contribution in [3.8, 4) is 0 Å². The van der Waals surface area contributed by atoms with Crippen LogP contribution in [0.3, 0.4) is 0 Å². The summed E-state index contributed by atoms with van der Waals surface area (Å²) in [6, 6.07) is 3.83. The van der Waals surface area contributed by atoms with Gasteiger partial charge >= 0.3 is 11.8 Å². The third-order valence-corrected chi connectivity index (χ3v) is 3.53. The minimum atomic E-state index is -0.433. The quantitative estimate of drug-likeness (QED) is 0.797. The summed E-state index contributed by atoms with van der Waals surface area (Å²) in [6.45, 7) is 6.99. The molecule has 1 aromatic heterocycles. The van der Waals surface area contributed by atoms with Gasteiger partial charge in [0.2, 0.25) is 0 Å². The Hall–Kier alpha value is -2.11. The molecule has 1 saturated heterocycles. The van der Waals surface area contributed by atoms with Gasteiger partial charge in [0.25, 0.3) is 0 Å². The van der Waals surface area contributed by atoms with Gasteiger partial charge in [-0.15, -0.1) is 0 Å². The van der Waals surface area contributed by atoms with E-state index in [4.69, 9.17) is 0 Å². The van der Waals surface area contributed by atoms with Crippen molar-refractivity contribution >= 4 is 17.5 Å². The number of piperazine rings is 1. The van der Waals surface area contributed by atoms with E-state index in [0.717, 1.165) is 24.3 Å². The predicted octanol–water partition coefficient (Wildman–Crippen LogP) is 1.09. The van der Waals surface area contributed by atoms with Gasteiger partial charge in [-0.3, -0.25) is 14.6 Å². The second-order valence-corrected chi connectivity index (χ2v) is 5.07. The highest BCUT2D eigenvalue weighted by molar-refractivity contribution is 6.35. The number of pyridine rings is 1. The van der Waals surface area contributed by atoms with Gasteiger partial charge in [-0.25, -0.2) is 0 Å². The first kappa shape index (κ1) is 15.3. The number of nitrogens with one attached hydrogen (secondary N) is 1. The van der Waals surface area contributed by atoms with Gasteiger partial charge < -0.3 is 15.1 Å². The molecule has 1 N–H and O–H groups in total. The van der Waals surface area contributed by atoms with E-state index in [1.165, 1.54) is 0 Å². The molecule has 1 fully saturated rings. The molecule has 1 aliphatic rings. The van der Waals surface area contributed by atoms with E-state index < -0.39 is 11.8 Å². The van der Waals surface area contributed by atoms with E-state index in [1.807, 2.05) is 19.1 Å². The largest absolute Gasteiger partial charge is 0.385 e. The topological polar surface area (TPSA) is 65.5 Å². The predicted molar refractivity (Wildman–Crippen MR) is 80.7 cm³/mol. The van der Waals surface area contributed by atoms with Crippen LogP contribution < -0.4 is 5.32 Å². The average Bonchev–Trinajstić information content (AvgIpc) is 2.50. The van der Waals surface area contributed by atoms with Crippen molar-refractivity contribution in [3.63, 3.8) is 0 Å². The number of aromatic nitrogens is 1. The summed E-state index contributed by atoms with van der Waals surface area (Å²) in [5.41, 5.74) is 1.79. The molecule has 1 aliphatic heterocycles. The Bertz CT molecular complexity index is 518. The summed E-state index contributed by atoms with van der Waals surface area (Å²) in [4.78, 5) is 31.3. The summed E-state index contributed by atoms with van der Waals surface area (Å²) < 4.78 is 0. The third kappa shape index (κ3) is 3.71. The highest BCUT2D eigenvalue weighted by Gasteiger charge is 2.31. The van der Waals surface area contributed by atoms with E-state index in [-0.39, 0.29) is 0 Å². The summed E-state index contributed by atoms with van der Waals surface area (Å²) in [5, 5.41) is 3.29. The first-order valence-corrected chi connectivity index (χ1v) is 7.42. The molecule has 0 radical (unpaired) electrons. The Morgan fingerprint density at radius 1 is 1.19 bits per heavy atom. The molecule has 2 heterocycles. The van der Waals surface area contributed by atoms with Crippen molar-refractivity contribution in [1.29, 1.82) is 0 Å². The lowest BCUT2D eigenvalue weighted by molar-refractivity contribution is -0.156. The van der Waals surface area contributed by atoms with Crippen LogP contribution >= 0.6 is 0 Å². The number of nitrogens with zero attached hydrogens (tertiary/aromatic N) is 3. The van der Waals surface area contributed by atoms with Crippen LogP contribution in [0.2, 0.25) is 0 Å². The number of amides is 2. The molecule has 0 saturated carbocycles. The van der Waals surface area contributed by atoms with E-state index in [1.54, 1.807) is 16.0 Å². The van der Waals surface area contributed by atoms with E-state index in [9.17, 15) is 9.59 Å². The number of hydrogen-bond acceptors (Lipinski definition) is 4. The van der Waals surface area contributed by atoms with Crippen LogP contribution in [0.15, 0.2) is 18.3 Å². The highest BCUT2D eigenvalue weighted by Crippen LogP contribution is 2.13. The maximum Gasteiger partial charge on any atom is 0.312 e. The first-order valence-electron chi connectivity index (χ1n) is 7.42. The van der Waals surface area contributed by atoms with Crippen molar-refractivity contribution in [2.24, 2.45) is 0 Å². The minimum absolute atomic E-state index is 0.379. The molecule has 0 spiro atoms. The number of rotatable bonds is 6. The lowest BCUT2D eigenvalue weighted by atomic mass is 10.2. The molecule has 2 rings (SSSR count). The monoisotopic (exact) mass is 290 g/mol. The Kier molecular flexibility index (Phi) is 5.14. The van der Waals surface area contributed by atoms with E-state index >= 15 is 0 Å². The van der Waals surface area contributed by atoms with Crippen molar-refractivity contribution in [2.75, 3.05) is 31.5 Å². The molecule has 6 heteroatoms. The Morgan fingerprint density at radius 3 is 2.62 bits per heavy atom. The summed E-state index contributed by atoms with van der Waals surface area (Å²) in [6.07, 6.45) is 2.77. The average molecular weight is 290 g/mol. The zero-order valence-electron chi connectivity index (χ0n) is 12.6. The Balaban J connectivity index is 2.01. The van der Waals surface area contributed by atoms with Crippen molar-refractivity contribution in [3.05, 3.63) is 24.0 Å². The van der Waals surface area contributed by atoms with Crippen LogP contribution in [0.4, 0.5) is 5.69 Å². The Labute approximate surface area is 125 Å². The third-order valence-electron chi connectivity index (χ3n) is 3.53. The lowest BCUT2D eigenvalue weighted by Crippen LogP contribution is -2.53. The van der Waals surface area contributed by atoms with Crippen molar-refractivity contribution in [2.45, 2.75) is 26.8 Å². The zero-order chi connectivity index (χ0) is 15.2. The fourth-order valence-electron chi connectivity index (χ4n) is 2.31. The molecule has 21 heavy (non-hydrogen) atoms. The fraction of sp³-hybridized carbons (Fsp3) is 0.533. The van der Waals surface area contributed by atoms with Gasteiger partial charge in [0.15, 0.2) is 0 Å². The molecule has 0 atom stereocenters. The molecular weight excluding hydrogens is 268 g/mol. The maximum atomic E-state index is 12.0. The lowest BCUT2D eigenvalue weighted by Gasteiger charge is -2.32. The standard InChI is InChI=1S/C15H22N4O2/c1-3-6-16-12-5-7-17-13(10-12)11-19-9-8-18(4-2)14(20)15(19)21/h5,7,10H,3-4,6,8-9,11H2,1-2H3,(H,16,17). The second kappa shape index (κ2) is 7.06. The van der Waals surface area contributed by atoms with Crippen LogP contribution in [0, 0.1) is 0 Å². The molecule has 0 aliphatic carbocycles. The van der Waals surface area contributed by atoms with Gasteiger partial charge in [0.05, 0.1) is 12.2 Å². The molecule has 2 amide bonds. The van der Waals surface area contributed by atoms with Gasteiger partial charge in [-0.1, -0.05) is 6.92 Å². The van der Waals surface area contributed by atoms with Crippen LogP contribution in [0.5, 0.6) is 0 Å². The molecule has 6 nitrogen and oxygen atoms in total. The molecule has 114 valence electrons. The number of hydrogen-bond donors (Lipinski definition) is 1. The molecular formula is C15H22N4O2.